The van der Waals surface area contributed by atoms with Gasteiger partial charge >= 0.3 is 6.09 Å². The number of hydrogen-bond donors (Lipinski definition) is 0. The van der Waals surface area contributed by atoms with E-state index in [0.717, 1.165) is 17.5 Å². The smallest absolute Gasteiger partial charge is 0.410 e. The molecule has 1 aliphatic heterocycles. The number of amides is 1. The molecule has 0 spiro atoms. The van der Waals surface area contributed by atoms with Crippen molar-refractivity contribution in [1.82, 2.24) is 4.90 Å². The largest absolute Gasteiger partial charge is 0.445 e. The molecule has 4 rings (SSSR count). The Bertz CT molecular complexity index is 805. The number of benzene rings is 2. The molecule has 2 fully saturated rings. The predicted molar refractivity (Wildman–Crippen MR) is 103 cm³/mol. The lowest BCUT2D eigenvalue weighted by molar-refractivity contribution is -0.122. The number of Topliss-reactive ketones (excluding diaryl/α,β-unsaturated/α-hetero) is 1. The normalized spacial score (nSPS) is 27.3. The summed E-state index contributed by atoms with van der Waals surface area (Å²) in [4.78, 5) is 27.1. The zero-order valence-electron chi connectivity index (χ0n) is 15.6. The van der Waals surface area contributed by atoms with Gasteiger partial charge < -0.3 is 4.74 Å². The van der Waals surface area contributed by atoms with Crippen LogP contribution in [0.25, 0.3) is 0 Å². The summed E-state index contributed by atoms with van der Waals surface area (Å²) in [6.45, 7) is 2.43. The standard InChI is InChI=1S/C23H25NO3/c1-16-20-14-19(25)12-13-21(20)24(22(16)18-10-6-3-7-11-18)23(26)27-15-17-8-4-2-5-9-17/h2-11,16,20-22H,12-15H2,1H3/t16-,20-,21+,22+/m0/s1. The fourth-order valence-corrected chi connectivity index (χ4v) is 4.76. The molecule has 27 heavy (non-hydrogen) atoms. The average Bonchev–Trinajstić information content (AvgIpc) is 2.99. The second kappa shape index (κ2) is 7.55. The molecule has 4 heteroatoms. The third kappa shape index (κ3) is 3.48. The summed E-state index contributed by atoms with van der Waals surface area (Å²) in [7, 11) is 0. The summed E-state index contributed by atoms with van der Waals surface area (Å²) in [5.41, 5.74) is 2.09. The molecule has 1 saturated carbocycles. The van der Waals surface area contributed by atoms with Gasteiger partial charge in [0.2, 0.25) is 0 Å². The molecular weight excluding hydrogens is 338 g/mol. The molecule has 2 aromatic carbocycles. The van der Waals surface area contributed by atoms with Gasteiger partial charge in [0.1, 0.15) is 12.4 Å². The van der Waals surface area contributed by atoms with Crippen molar-refractivity contribution in [3.05, 3.63) is 71.8 Å². The van der Waals surface area contributed by atoms with Crippen LogP contribution in [0.2, 0.25) is 0 Å². The van der Waals surface area contributed by atoms with Crippen molar-refractivity contribution in [2.24, 2.45) is 11.8 Å². The first-order chi connectivity index (χ1) is 13.1. The van der Waals surface area contributed by atoms with E-state index >= 15 is 0 Å². The summed E-state index contributed by atoms with van der Waals surface area (Å²) in [5.74, 6) is 0.751. The van der Waals surface area contributed by atoms with Crippen LogP contribution in [0.4, 0.5) is 4.79 Å². The fourth-order valence-electron chi connectivity index (χ4n) is 4.76. The summed E-state index contributed by atoms with van der Waals surface area (Å²) in [6, 6.07) is 19.9. The molecule has 0 aromatic heterocycles. The zero-order valence-corrected chi connectivity index (χ0v) is 15.6. The minimum Gasteiger partial charge on any atom is -0.445 e. The van der Waals surface area contributed by atoms with Crippen LogP contribution in [0.3, 0.4) is 0 Å². The third-order valence-electron chi connectivity index (χ3n) is 6.06. The van der Waals surface area contributed by atoms with E-state index in [4.69, 9.17) is 4.74 Å². The van der Waals surface area contributed by atoms with Crippen LogP contribution in [-0.2, 0) is 16.1 Å². The van der Waals surface area contributed by atoms with E-state index in [0.29, 0.717) is 18.6 Å². The lowest BCUT2D eigenvalue weighted by Gasteiger charge is -2.33. The van der Waals surface area contributed by atoms with E-state index in [1.54, 1.807) is 0 Å². The number of rotatable bonds is 3. The van der Waals surface area contributed by atoms with Crippen molar-refractivity contribution < 1.29 is 14.3 Å². The predicted octanol–water partition coefficient (Wildman–Crippen LogP) is 4.75. The van der Waals surface area contributed by atoms with Crippen LogP contribution in [0.15, 0.2) is 60.7 Å². The minimum absolute atomic E-state index is 0.0460. The first-order valence-corrected chi connectivity index (χ1v) is 9.71. The molecule has 140 valence electrons. The monoisotopic (exact) mass is 363 g/mol. The van der Waals surface area contributed by atoms with E-state index in [1.807, 2.05) is 53.4 Å². The Hall–Kier alpha value is -2.62. The molecule has 2 aliphatic rings. The number of hydrogen-bond acceptors (Lipinski definition) is 3. The molecular formula is C23H25NO3. The van der Waals surface area contributed by atoms with E-state index in [1.165, 1.54) is 0 Å². The Kier molecular flexibility index (Phi) is 4.97. The topological polar surface area (TPSA) is 46.6 Å². The first-order valence-electron chi connectivity index (χ1n) is 9.71. The molecule has 1 heterocycles. The molecule has 2 aromatic rings. The first kappa shape index (κ1) is 17.8. The van der Waals surface area contributed by atoms with Crippen LogP contribution < -0.4 is 0 Å². The number of likely N-dealkylation sites (tertiary alicyclic amines) is 1. The highest BCUT2D eigenvalue weighted by Crippen LogP contribution is 2.49. The third-order valence-corrected chi connectivity index (χ3v) is 6.06. The maximum Gasteiger partial charge on any atom is 0.410 e. The Morgan fingerprint density at radius 1 is 1.07 bits per heavy atom. The lowest BCUT2D eigenvalue weighted by atomic mass is 9.78. The van der Waals surface area contributed by atoms with Gasteiger partial charge in [0.15, 0.2) is 0 Å². The van der Waals surface area contributed by atoms with Gasteiger partial charge in [-0.25, -0.2) is 4.79 Å². The minimum atomic E-state index is -0.276. The van der Waals surface area contributed by atoms with Crippen LogP contribution in [-0.4, -0.2) is 22.8 Å². The SMILES string of the molecule is C[C@H]1[C@@H]2CC(=O)CC[C@H]2N(C(=O)OCc2ccccc2)[C@H]1c1ccccc1. The van der Waals surface area contributed by atoms with Crippen LogP contribution in [0, 0.1) is 11.8 Å². The van der Waals surface area contributed by atoms with Gasteiger partial charge in [0, 0.05) is 18.9 Å². The van der Waals surface area contributed by atoms with Crippen LogP contribution in [0.5, 0.6) is 0 Å². The molecule has 0 radical (unpaired) electrons. The molecule has 1 amide bonds. The average molecular weight is 363 g/mol. The van der Waals surface area contributed by atoms with Crippen molar-refractivity contribution in [1.29, 1.82) is 0 Å². The Balaban J connectivity index is 1.60. The summed E-state index contributed by atoms with van der Waals surface area (Å²) in [6.07, 6.45) is 1.58. The maximum absolute atomic E-state index is 13.1. The molecule has 4 atom stereocenters. The van der Waals surface area contributed by atoms with Crippen LogP contribution >= 0.6 is 0 Å². The molecule has 0 unspecified atom stereocenters. The number of ether oxygens (including phenoxy) is 1. The van der Waals surface area contributed by atoms with E-state index in [9.17, 15) is 9.59 Å². The van der Waals surface area contributed by atoms with Gasteiger partial charge in [0.25, 0.3) is 0 Å². The van der Waals surface area contributed by atoms with Crippen molar-refractivity contribution >= 4 is 11.9 Å². The highest BCUT2D eigenvalue weighted by atomic mass is 16.6. The molecule has 1 aliphatic carbocycles. The number of nitrogens with zero attached hydrogens (tertiary/aromatic N) is 1. The molecule has 0 bridgehead atoms. The van der Waals surface area contributed by atoms with Gasteiger partial charge in [0.05, 0.1) is 6.04 Å². The Labute approximate surface area is 160 Å². The Morgan fingerprint density at radius 3 is 2.44 bits per heavy atom. The number of ketones is 1. The van der Waals surface area contributed by atoms with E-state index in [2.05, 4.69) is 19.1 Å². The van der Waals surface area contributed by atoms with Gasteiger partial charge in [-0.15, -0.1) is 0 Å². The maximum atomic E-state index is 13.1. The van der Waals surface area contributed by atoms with Gasteiger partial charge in [-0.3, -0.25) is 9.69 Å². The van der Waals surface area contributed by atoms with Crippen molar-refractivity contribution in [2.45, 2.75) is 44.9 Å². The zero-order chi connectivity index (χ0) is 18.8. The molecule has 1 saturated heterocycles. The van der Waals surface area contributed by atoms with Crippen molar-refractivity contribution in [3.63, 3.8) is 0 Å². The summed E-state index contributed by atoms with van der Waals surface area (Å²) in [5, 5.41) is 0. The number of fused-ring (bicyclic) bond motifs is 1. The van der Waals surface area contributed by atoms with Crippen molar-refractivity contribution in [3.8, 4) is 0 Å². The fraction of sp³-hybridized carbons (Fsp3) is 0.391. The number of carbonyl (C=O) groups is 2. The van der Waals surface area contributed by atoms with E-state index < -0.39 is 0 Å². The second-order valence-electron chi connectivity index (χ2n) is 7.67. The number of carbonyl (C=O) groups excluding carboxylic acids is 2. The van der Waals surface area contributed by atoms with Gasteiger partial charge in [-0.1, -0.05) is 67.6 Å². The Morgan fingerprint density at radius 2 is 1.74 bits per heavy atom. The highest BCUT2D eigenvalue weighted by Gasteiger charge is 2.51. The van der Waals surface area contributed by atoms with Gasteiger partial charge in [-0.2, -0.15) is 0 Å². The van der Waals surface area contributed by atoms with Crippen LogP contribution in [0.1, 0.15) is 43.4 Å². The molecule has 0 N–H and O–H groups in total. The lowest BCUT2D eigenvalue weighted by Crippen LogP contribution is -2.42. The van der Waals surface area contributed by atoms with Crippen molar-refractivity contribution in [2.75, 3.05) is 0 Å². The summed E-state index contributed by atoms with van der Waals surface area (Å²) >= 11 is 0. The quantitative estimate of drug-likeness (QED) is 0.790. The second-order valence-corrected chi connectivity index (χ2v) is 7.67. The van der Waals surface area contributed by atoms with Gasteiger partial charge in [-0.05, 0) is 29.4 Å². The highest BCUT2D eigenvalue weighted by molar-refractivity contribution is 5.80. The summed E-state index contributed by atoms with van der Waals surface area (Å²) < 4.78 is 5.69. The van der Waals surface area contributed by atoms with E-state index in [-0.39, 0.29) is 36.6 Å². The molecule has 4 nitrogen and oxygen atoms in total.